The lowest BCUT2D eigenvalue weighted by molar-refractivity contribution is -0.122. The van der Waals surface area contributed by atoms with Gasteiger partial charge in [-0.2, -0.15) is 0 Å². The van der Waals surface area contributed by atoms with Gasteiger partial charge in [0.25, 0.3) is 5.91 Å². The number of halogens is 2. The molecule has 0 heterocycles. The van der Waals surface area contributed by atoms with Crippen molar-refractivity contribution in [1.29, 1.82) is 0 Å². The van der Waals surface area contributed by atoms with Gasteiger partial charge in [-0.05, 0) is 44.5 Å². The van der Waals surface area contributed by atoms with Crippen molar-refractivity contribution in [3.05, 3.63) is 59.2 Å². The number of para-hydroxylation sites is 1. The number of carbonyl (C=O) groups excluding carboxylic acids is 1. The molecule has 2 aromatic rings. The molecule has 0 fully saturated rings. The Labute approximate surface area is 127 Å². The number of anilines is 1. The van der Waals surface area contributed by atoms with E-state index in [1.807, 2.05) is 26.0 Å². The molecule has 0 unspecified atom stereocenters. The number of hydrogen-bond donors (Lipinski definition) is 1. The predicted octanol–water partition coefficient (Wildman–Crippen LogP) is 3.99. The van der Waals surface area contributed by atoms with Gasteiger partial charge in [-0.3, -0.25) is 4.79 Å². The summed E-state index contributed by atoms with van der Waals surface area (Å²) in [5.74, 6) is -1.72. The third kappa shape index (κ3) is 3.61. The van der Waals surface area contributed by atoms with Gasteiger partial charge >= 0.3 is 0 Å². The number of rotatable bonds is 4. The van der Waals surface area contributed by atoms with Crippen LogP contribution in [0.3, 0.4) is 0 Å². The fourth-order valence-electron chi connectivity index (χ4n) is 2.02. The molecule has 1 amide bonds. The van der Waals surface area contributed by atoms with Crippen molar-refractivity contribution in [3.63, 3.8) is 0 Å². The minimum Gasteiger partial charge on any atom is -0.481 e. The molecule has 0 bridgehead atoms. The van der Waals surface area contributed by atoms with Gasteiger partial charge in [0, 0.05) is 0 Å². The molecule has 22 heavy (non-hydrogen) atoms. The van der Waals surface area contributed by atoms with Crippen molar-refractivity contribution in [2.45, 2.75) is 26.9 Å². The second-order valence-corrected chi connectivity index (χ2v) is 5.11. The molecule has 0 saturated carbocycles. The summed E-state index contributed by atoms with van der Waals surface area (Å²) >= 11 is 0. The van der Waals surface area contributed by atoms with E-state index in [1.54, 1.807) is 6.07 Å². The molecule has 0 aliphatic heterocycles. The zero-order valence-electron chi connectivity index (χ0n) is 12.6. The highest BCUT2D eigenvalue weighted by atomic mass is 19.1. The maximum Gasteiger partial charge on any atom is 0.265 e. The van der Waals surface area contributed by atoms with Crippen LogP contribution in [-0.4, -0.2) is 12.0 Å². The maximum atomic E-state index is 13.5. The highest BCUT2D eigenvalue weighted by Crippen LogP contribution is 2.22. The van der Waals surface area contributed by atoms with Crippen LogP contribution in [0, 0.1) is 25.5 Å². The minimum atomic E-state index is -0.889. The number of hydrogen-bond acceptors (Lipinski definition) is 2. The third-order valence-corrected chi connectivity index (χ3v) is 3.21. The maximum absolute atomic E-state index is 13.5. The second-order valence-electron chi connectivity index (χ2n) is 5.11. The lowest BCUT2D eigenvalue weighted by Gasteiger charge is -2.17. The summed E-state index contributed by atoms with van der Waals surface area (Å²) in [6.45, 7) is 5.34. The highest BCUT2D eigenvalue weighted by molar-refractivity contribution is 5.94. The van der Waals surface area contributed by atoms with Crippen LogP contribution >= 0.6 is 0 Å². The quantitative estimate of drug-likeness (QED) is 0.927. The van der Waals surface area contributed by atoms with E-state index in [9.17, 15) is 13.6 Å². The van der Waals surface area contributed by atoms with E-state index in [0.29, 0.717) is 5.75 Å². The van der Waals surface area contributed by atoms with Crippen LogP contribution in [0.4, 0.5) is 14.5 Å². The van der Waals surface area contributed by atoms with E-state index in [1.165, 1.54) is 13.0 Å². The van der Waals surface area contributed by atoms with Gasteiger partial charge in [-0.25, -0.2) is 8.78 Å². The first-order chi connectivity index (χ1) is 10.4. The predicted molar refractivity (Wildman–Crippen MR) is 81.0 cm³/mol. The van der Waals surface area contributed by atoms with Crippen LogP contribution in [0.2, 0.25) is 0 Å². The Morgan fingerprint density at radius 3 is 2.36 bits per heavy atom. The summed E-state index contributed by atoms with van der Waals surface area (Å²) in [5, 5.41) is 2.22. The topological polar surface area (TPSA) is 38.3 Å². The van der Waals surface area contributed by atoms with Gasteiger partial charge < -0.3 is 10.1 Å². The van der Waals surface area contributed by atoms with Gasteiger partial charge in [-0.15, -0.1) is 0 Å². The van der Waals surface area contributed by atoms with Crippen LogP contribution in [0.15, 0.2) is 36.4 Å². The Morgan fingerprint density at radius 2 is 1.77 bits per heavy atom. The molecule has 0 aromatic heterocycles. The summed E-state index contributed by atoms with van der Waals surface area (Å²) in [5.41, 5.74) is 1.50. The van der Waals surface area contributed by atoms with Crippen LogP contribution in [0.1, 0.15) is 18.1 Å². The zero-order chi connectivity index (χ0) is 16.3. The molecule has 1 atom stereocenters. The molecular weight excluding hydrogens is 288 g/mol. The normalized spacial score (nSPS) is 11.9. The Hall–Kier alpha value is -2.43. The first-order valence-corrected chi connectivity index (χ1v) is 6.87. The van der Waals surface area contributed by atoms with Crippen molar-refractivity contribution in [3.8, 4) is 5.75 Å². The largest absolute Gasteiger partial charge is 0.481 e. The van der Waals surface area contributed by atoms with Crippen LogP contribution in [0.5, 0.6) is 5.75 Å². The minimum absolute atomic E-state index is 0.469. The van der Waals surface area contributed by atoms with Crippen molar-refractivity contribution in [2.24, 2.45) is 0 Å². The molecule has 0 radical (unpaired) electrons. The van der Waals surface area contributed by atoms with Crippen LogP contribution < -0.4 is 10.1 Å². The van der Waals surface area contributed by atoms with Gasteiger partial charge in [0.05, 0.1) is 0 Å². The Kier molecular flexibility index (Phi) is 4.75. The molecule has 1 N–H and O–H groups in total. The van der Waals surface area contributed by atoms with E-state index in [4.69, 9.17) is 4.74 Å². The van der Waals surface area contributed by atoms with Crippen LogP contribution in [0.25, 0.3) is 0 Å². The number of carbonyl (C=O) groups is 1. The van der Waals surface area contributed by atoms with Gasteiger partial charge in [-0.1, -0.05) is 23.8 Å². The van der Waals surface area contributed by atoms with E-state index >= 15 is 0 Å². The van der Waals surface area contributed by atoms with Crippen molar-refractivity contribution >= 4 is 11.6 Å². The molecule has 0 aliphatic carbocycles. The Balaban J connectivity index is 2.09. The average Bonchev–Trinajstić information content (AvgIpc) is 2.45. The lowest BCUT2D eigenvalue weighted by atomic mass is 10.1. The molecule has 0 aliphatic rings. The SMILES string of the molecule is Cc1ccc(O[C@@H](C)C(=O)Nc2c(F)cccc2F)c(C)c1. The molecule has 5 heteroatoms. The molecule has 116 valence electrons. The fourth-order valence-corrected chi connectivity index (χ4v) is 2.02. The average molecular weight is 305 g/mol. The number of nitrogens with one attached hydrogen (secondary N) is 1. The lowest BCUT2D eigenvalue weighted by Crippen LogP contribution is -2.31. The van der Waals surface area contributed by atoms with E-state index < -0.39 is 29.3 Å². The van der Waals surface area contributed by atoms with Gasteiger partial charge in [0.1, 0.15) is 23.1 Å². The zero-order valence-corrected chi connectivity index (χ0v) is 12.6. The molecule has 3 nitrogen and oxygen atoms in total. The number of benzene rings is 2. The smallest absolute Gasteiger partial charge is 0.265 e. The number of ether oxygens (including phenoxy) is 1. The molecule has 0 spiro atoms. The fraction of sp³-hybridized carbons (Fsp3) is 0.235. The molecule has 2 rings (SSSR count). The standard InChI is InChI=1S/C17H17F2NO2/c1-10-7-8-15(11(2)9-10)22-12(3)17(21)20-16-13(18)5-4-6-14(16)19/h4-9,12H,1-3H3,(H,20,21)/t12-/m0/s1. The monoisotopic (exact) mass is 305 g/mol. The molecule has 0 saturated heterocycles. The Morgan fingerprint density at radius 1 is 1.14 bits per heavy atom. The second kappa shape index (κ2) is 6.56. The molecule has 2 aromatic carbocycles. The molecular formula is C17H17F2NO2. The summed E-state index contributed by atoms with van der Waals surface area (Å²) < 4.78 is 32.6. The summed E-state index contributed by atoms with van der Waals surface area (Å²) in [7, 11) is 0. The highest BCUT2D eigenvalue weighted by Gasteiger charge is 2.19. The van der Waals surface area contributed by atoms with E-state index in [0.717, 1.165) is 23.3 Å². The summed E-state index contributed by atoms with van der Waals surface area (Å²) in [4.78, 5) is 12.0. The summed E-state index contributed by atoms with van der Waals surface area (Å²) in [6.07, 6.45) is -0.889. The van der Waals surface area contributed by atoms with Crippen molar-refractivity contribution < 1.29 is 18.3 Å². The number of aryl methyl sites for hydroxylation is 2. The van der Waals surface area contributed by atoms with E-state index in [2.05, 4.69) is 5.32 Å². The van der Waals surface area contributed by atoms with Crippen molar-refractivity contribution in [1.82, 2.24) is 0 Å². The van der Waals surface area contributed by atoms with Gasteiger partial charge in [0.15, 0.2) is 6.10 Å². The van der Waals surface area contributed by atoms with Crippen molar-refractivity contribution in [2.75, 3.05) is 5.32 Å². The summed E-state index contributed by atoms with van der Waals surface area (Å²) in [6, 6.07) is 8.94. The van der Waals surface area contributed by atoms with Gasteiger partial charge in [0.2, 0.25) is 0 Å². The third-order valence-electron chi connectivity index (χ3n) is 3.21. The van der Waals surface area contributed by atoms with Crippen LogP contribution in [-0.2, 0) is 4.79 Å². The first kappa shape index (κ1) is 15.9. The Bertz CT molecular complexity index is 681. The van der Waals surface area contributed by atoms with E-state index in [-0.39, 0.29) is 0 Å². The number of amides is 1. The first-order valence-electron chi connectivity index (χ1n) is 6.87.